The number of anilines is 2. The Hall–Kier alpha value is -4.16. The SMILES string of the molecule is Cc1ncc(NC(=O)CN2CCCC2(C)C)cc1NC(=O)c1cnn2cc(-c3cnn4c3CC(O)CC4)ncc12. The van der Waals surface area contributed by atoms with Gasteiger partial charge in [-0.1, -0.05) is 0 Å². The molecule has 2 aliphatic heterocycles. The molecule has 4 aromatic heterocycles. The number of hydrogen-bond acceptors (Lipinski definition) is 8. The Kier molecular flexibility index (Phi) is 6.59. The van der Waals surface area contributed by atoms with Crippen LogP contribution in [0.1, 0.15) is 54.9 Å². The third-order valence-electron chi connectivity index (χ3n) is 8.00. The molecule has 2 amide bonds. The number of carbonyl (C=O) groups excluding carboxylic acids is 2. The van der Waals surface area contributed by atoms with E-state index in [4.69, 9.17) is 0 Å². The molecule has 6 rings (SSSR count). The van der Waals surface area contributed by atoms with Crippen LogP contribution < -0.4 is 10.6 Å². The molecule has 12 nitrogen and oxygen atoms in total. The van der Waals surface area contributed by atoms with Gasteiger partial charge in [-0.15, -0.1) is 0 Å². The van der Waals surface area contributed by atoms with E-state index in [0.29, 0.717) is 59.8 Å². The first-order valence-corrected chi connectivity index (χ1v) is 13.6. The van der Waals surface area contributed by atoms with Gasteiger partial charge >= 0.3 is 0 Å². The van der Waals surface area contributed by atoms with E-state index in [1.807, 2.05) is 4.68 Å². The maximum Gasteiger partial charge on any atom is 0.259 e. The van der Waals surface area contributed by atoms with E-state index < -0.39 is 6.10 Å². The van der Waals surface area contributed by atoms with Gasteiger partial charge in [-0.3, -0.25) is 29.1 Å². The monoisotopic (exact) mass is 543 g/mol. The van der Waals surface area contributed by atoms with Gasteiger partial charge in [0.1, 0.15) is 0 Å². The summed E-state index contributed by atoms with van der Waals surface area (Å²) in [5.41, 5.74) is 5.00. The topological polar surface area (TPSA) is 143 Å². The minimum Gasteiger partial charge on any atom is -0.393 e. The van der Waals surface area contributed by atoms with E-state index >= 15 is 0 Å². The van der Waals surface area contributed by atoms with Crippen molar-refractivity contribution in [2.45, 2.75) is 64.6 Å². The number of likely N-dealkylation sites (tertiary alicyclic amines) is 1. The fraction of sp³-hybridized carbons (Fsp3) is 0.429. The second kappa shape index (κ2) is 10.1. The van der Waals surface area contributed by atoms with Crippen LogP contribution in [0.4, 0.5) is 11.4 Å². The molecule has 1 unspecified atom stereocenters. The number of nitrogens with zero attached hydrogens (tertiary/aromatic N) is 7. The molecule has 208 valence electrons. The minimum atomic E-state index is -0.395. The van der Waals surface area contributed by atoms with Gasteiger partial charge in [0.2, 0.25) is 5.91 Å². The molecule has 0 aromatic carbocycles. The largest absolute Gasteiger partial charge is 0.393 e. The number of rotatable bonds is 6. The van der Waals surface area contributed by atoms with Crippen LogP contribution in [0.3, 0.4) is 0 Å². The highest BCUT2D eigenvalue weighted by atomic mass is 16.3. The Morgan fingerprint density at radius 3 is 2.75 bits per heavy atom. The smallest absolute Gasteiger partial charge is 0.259 e. The number of aliphatic hydroxyl groups is 1. The molecule has 1 saturated heterocycles. The number of fused-ring (bicyclic) bond motifs is 2. The highest BCUT2D eigenvalue weighted by Gasteiger charge is 2.33. The number of aryl methyl sites for hydroxylation is 2. The van der Waals surface area contributed by atoms with Crippen molar-refractivity contribution in [3.8, 4) is 11.3 Å². The zero-order valence-corrected chi connectivity index (χ0v) is 22.9. The van der Waals surface area contributed by atoms with Crippen molar-refractivity contribution in [1.82, 2.24) is 34.3 Å². The summed E-state index contributed by atoms with van der Waals surface area (Å²) in [5.74, 6) is -0.473. The number of carbonyl (C=O) groups is 2. The van der Waals surface area contributed by atoms with E-state index in [2.05, 4.69) is 49.5 Å². The van der Waals surface area contributed by atoms with Crippen molar-refractivity contribution < 1.29 is 14.7 Å². The molecule has 12 heteroatoms. The lowest BCUT2D eigenvalue weighted by Gasteiger charge is -2.30. The first kappa shape index (κ1) is 26.1. The number of aliphatic hydroxyl groups excluding tert-OH is 1. The highest BCUT2D eigenvalue weighted by molar-refractivity contribution is 6.09. The normalized spacial score (nSPS) is 18.6. The van der Waals surface area contributed by atoms with Gasteiger partial charge in [0.05, 0.1) is 83.2 Å². The van der Waals surface area contributed by atoms with Gasteiger partial charge in [-0.2, -0.15) is 10.2 Å². The molecule has 3 N–H and O–H groups in total. The van der Waals surface area contributed by atoms with Gasteiger partial charge in [0, 0.05) is 24.1 Å². The van der Waals surface area contributed by atoms with Crippen molar-refractivity contribution in [3.05, 3.63) is 54.0 Å². The van der Waals surface area contributed by atoms with Crippen molar-refractivity contribution >= 4 is 28.7 Å². The van der Waals surface area contributed by atoms with Crippen LogP contribution in [0, 0.1) is 6.92 Å². The summed E-state index contributed by atoms with van der Waals surface area (Å²) >= 11 is 0. The van der Waals surface area contributed by atoms with Crippen molar-refractivity contribution in [3.63, 3.8) is 0 Å². The Morgan fingerprint density at radius 2 is 1.95 bits per heavy atom. The van der Waals surface area contributed by atoms with E-state index in [9.17, 15) is 14.7 Å². The number of nitrogens with one attached hydrogen (secondary N) is 2. The lowest BCUT2D eigenvalue weighted by Crippen LogP contribution is -2.42. The van der Waals surface area contributed by atoms with E-state index in [-0.39, 0.29) is 17.4 Å². The summed E-state index contributed by atoms with van der Waals surface area (Å²) in [5, 5.41) is 24.7. The van der Waals surface area contributed by atoms with Crippen LogP contribution in [0.5, 0.6) is 0 Å². The van der Waals surface area contributed by atoms with E-state index in [1.54, 1.807) is 42.3 Å². The first-order chi connectivity index (χ1) is 19.2. The number of aromatic nitrogens is 6. The number of amides is 2. The maximum atomic E-state index is 13.3. The molecule has 40 heavy (non-hydrogen) atoms. The molecule has 0 aliphatic carbocycles. The van der Waals surface area contributed by atoms with Gasteiger partial charge in [-0.25, -0.2) is 4.52 Å². The van der Waals surface area contributed by atoms with Crippen LogP contribution >= 0.6 is 0 Å². The molecule has 0 spiro atoms. The lowest BCUT2D eigenvalue weighted by atomic mass is 10.0. The Balaban J connectivity index is 1.17. The standard InChI is InChI=1S/C28H33N9O3/c1-17-22(9-18(11-29-17)33-26(39)16-35-7-4-6-28(35,2)3)34-27(40)21-13-32-37-15-23(30-14-25(21)37)20-12-31-36-8-5-19(38)10-24(20)36/h9,11-15,19,38H,4-8,10,16H2,1-3H3,(H,33,39)(H,34,40). The van der Waals surface area contributed by atoms with Gasteiger partial charge in [-0.05, 0) is 52.6 Å². The van der Waals surface area contributed by atoms with Crippen molar-refractivity contribution in [2.75, 3.05) is 23.7 Å². The molecule has 0 radical (unpaired) electrons. The van der Waals surface area contributed by atoms with Crippen LogP contribution in [0.15, 0.2) is 37.1 Å². The first-order valence-electron chi connectivity index (χ1n) is 13.6. The second-order valence-corrected chi connectivity index (χ2v) is 11.2. The maximum absolute atomic E-state index is 13.3. The zero-order valence-electron chi connectivity index (χ0n) is 22.9. The summed E-state index contributed by atoms with van der Waals surface area (Å²) < 4.78 is 3.51. The minimum absolute atomic E-state index is 0.00686. The fourth-order valence-electron chi connectivity index (χ4n) is 5.57. The molecular formula is C28H33N9O3. The van der Waals surface area contributed by atoms with Gasteiger partial charge < -0.3 is 15.7 Å². The van der Waals surface area contributed by atoms with Crippen LogP contribution in [0.2, 0.25) is 0 Å². The summed E-state index contributed by atoms with van der Waals surface area (Å²) in [4.78, 5) is 37.1. The molecule has 1 fully saturated rings. The van der Waals surface area contributed by atoms with Crippen LogP contribution in [0.25, 0.3) is 16.8 Å². The third-order valence-corrected chi connectivity index (χ3v) is 8.00. The zero-order chi connectivity index (χ0) is 28.0. The molecular weight excluding hydrogens is 510 g/mol. The predicted molar refractivity (Wildman–Crippen MR) is 149 cm³/mol. The third kappa shape index (κ3) is 4.95. The molecule has 0 bridgehead atoms. The molecule has 1 atom stereocenters. The lowest BCUT2D eigenvalue weighted by molar-refractivity contribution is -0.118. The van der Waals surface area contributed by atoms with Crippen LogP contribution in [-0.2, 0) is 17.8 Å². The summed E-state index contributed by atoms with van der Waals surface area (Å²) in [6.07, 6.45) is 11.2. The Bertz CT molecular complexity index is 1610. The number of hydrogen-bond donors (Lipinski definition) is 3. The van der Waals surface area contributed by atoms with Gasteiger partial charge in [0.25, 0.3) is 5.91 Å². The summed E-state index contributed by atoms with van der Waals surface area (Å²) in [6, 6.07) is 1.72. The molecule has 6 heterocycles. The van der Waals surface area contributed by atoms with Crippen LogP contribution in [-0.4, -0.2) is 75.9 Å². The van der Waals surface area contributed by atoms with Crippen molar-refractivity contribution in [1.29, 1.82) is 0 Å². The average molecular weight is 544 g/mol. The highest BCUT2D eigenvalue weighted by Crippen LogP contribution is 2.29. The van der Waals surface area contributed by atoms with Crippen molar-refractivity contribution in [2.24, 2.45) is 0 Å². The number of pyridine rings is 1. The quantitative estimate of drug-likeness (QED) is 0.337. The Morgan fingerprint density at radius 1 is 1.10 bits per heavy atom. The molecule has 0 saturated carbocycles. The predicted octanol–water partition coefficient (Wildman–Crippen LogP) is 2.67. The fourth-order valence-corrected chi connectivity index (χ4v) is 5.57. The summed E-state index contributed by atoms with van der Waals surface area (Å²) in [6.45, 7) is 7.98. The summed E-state index contributed by atoms with van der Waals surface area (Å²) in [7, 11) is 0. The average Bonchev–Trinajstić information content (AvgIpc) is 3.62. The van der Waals surface area contributed by atoms with E-state index in [0.717, 1.165) is 30.6 Å². The molecule has 2 aliphatic rings. The molecule has 4 aromatic rings. The second-order valence-electron chi connectivity index (χ2n) is 11.2. The Labute approximate surface area is 231 Å². The van der Waals surface area contributed by atoms with E-state index in [1.165, 1.54) is 6.20 Å². The van der Waals surface area contributed by atoms with Gasteiger partial charge in [0.15, 0.2) is 0 Å².